The molecular weight excluding hydrogens is 335 g/mol. The highest BCUT2D eigenvalue weighted by molar-refractivity contribution is 6.42. The molecule has 0 saturated carbocycles. The van der Waals surface area contributed by atoms with Crippen LogP contribution in [0.4, 0.5) is 0 Å². The lowest BCUT2D eigenvalue weighted by molar-refractivity contribution is -0.129. The van der Waals surface area contributed by atoms with Gasteiger partial charge < -0.3 is 10.2 Å². The van der Waals surface area contributed by atoms with Crippen LogP contribution in [0, 0.1) is 0 Å². The summed E-state index contributed by atoms with van der Waals surface area (Å²) in [5, 5.41) is 3.66. The largest absolute Gasteiger partial charge is 0.347 e. The third-order valence-electron chi connectivity index (χ3n) is 3.41. The molecule has 21 heavy (non-hydrogen) atoms. The summed E-state index contributed by atoms with van der Waals surface area (Å²) in [6, 6.07) is 2.87. The molecule has 4 nitrogen and oxygen atoms in total. The van der Waals surface area contributed by atoms with Gasteiger partial charge in [0.25, 0.3) is 5.91 Å². The van der Waals surface area contributed by atoms with Gasteiger partial charge in [-0.1, -0.05) is 41.7 Å². The van der Waals surface area contributed by atoms with Gasteiger partial charge in [0.05, 0.1) is 15.6 Å². The monoisotopic (exact) mass is 348 g/mol. The van der Waals surface area contributed by atoms with E-state index in [0.29, 0.717) is 24.5 Å². The van der Waals surface area contributed by atoms with Crippen molar-refractivity contribution in [2.75, 3.05) is 13.1 Å². The minimum atomic E-state index is -0.350. The molecule has 0 spiro atoms. The van der Waals surface area contributed by atoms with Gasteiger partial charge in [-0.15, -0.1) is 0 Å². The van der Waals surface area contributed by atoms with Crippen LogP contribution >= 0.6 is 34.8 Å². The number of halogens is 3. The number of amides is 2. The Hall–Kier alpha value is -0.970. The van der Waals surface area contributed by atoms with Crippen LogP contribution in [0.1, 0.15) is 30.1 Å². The van der Waals surface area contributed by atoms with Gasteiger partial charge in [0, 0.05) is 30.6 Å². The fourth-order valence-corrected chi connectivity index (χ4v) is 3.33. The lowest BCUT2D eigenvalue weighted by Crippen LogP contribution is -2.38. The number of carbonyl (C=O) groups is 2. The smallest absolute Gasteiger partial charge is 0.254 e. The third kappa shape index (κ3) is 3.82. The Morgan fingerprint density at radius 1 is 1.29 bits per heavy atom. The zero-order chi connectivity index (χ0) is 15.6. The van der Waals surface area contributed by atoms with Crippen LogP contribution in [0.5, 0.6) is 0 Å². The van der Waals surface area contributed by atoms with Crippen LogP contribution in [-0.4, -0.2) is 35.8 Å². The van der Waals surface area contributed by atoms with Crippen LogP contribution in [0.25, 0.3) is 0 Å². The fourth-order valence-electron chi connectivity index (χ4n) is 2.34. The molecule has 1 aromatic carbocycles. The molecule has 0 aliphatic carbocycles. The van der Waals surface area contributed by atoms with E-state index in [0.717, 1.165) is 6.42 Å². The zero-order valence-corrected chi connectivity index (χ0v) is 13.7. The predicted octanol–water partition coefficient (Wildman–Crippen LogP) is 3.39. The first kappa shape index (κ1) is 16.4. The molecule has 0 aromatic heterocycles. The van der Waals surface area contributed by atoms with E-state index in [9.17, 15) is 9.59 Å². The first-order valence-electron chi connectivity index (χ1n) is 6.65. The third-order valence-corrected chi connectivity index (χ3v) is 4.23. The van der Waals surface area contributed by atoms with E-state index in [4.69, 9.17) is 34.8 Å². The molecule has 2 amide bonds. The van der Waals surface area contributed by atoms with E-state index in [-0.39, 0.29) is 33.5 Å². The Morgan fingerprint density at radius 3 is 2.48 bits per heavy atom. The van der Waals surface area contributed by atoms with Gasteiger partial charge in [-0.2, -0.15) is 0 Å². The maximum atomic E-state index is 12.3. The minimum Gasteiger partial charge on any atom is -0.347 e. The van der Waals surface area contributed by atoms with Crippen molar-refractivity contribution >= 4 is 46.6 Å². The summed E-state index contributed by atoms with van der Waals surface area (Å²) < 4.78 is 0. The molecule has 1 atom stereocenters. The van der Waals surface area contributed by atoms with Crippen LogP contribution in [0.3, 0.4) is 0 Å². The number of hydrogen-bond acceptors (Lipinski definition) is 2. The first-order chi connectivity index (χ1) is 9.92. The second-order valence-corrected chi connectivity index (χ2v) is 6.15. The number of benzene rings is 1. The van der Waals surface area contributed by atoms with Gasteiger partial charge in [0.1, 0.15) is 0 Å². The van der Waals surface area contributed by atoms with Crippen molar-refractivity contribution in [3.05, 3.63) is 32.8 Å². The Bertz CT molecular complexity index is 554. The van der Waals surface area contributed by atoms with Crippen molar-refractivity contribution in [1.82, 2.24) is 10.2 Å². The molecule has 114 valence electrons. The molecule has 2 rings (SSSR count). The standard InChI is InChI=1S/C14H15Cl3N2O2/c1-2-12(20)19-4-3-9(7-19)18-14(21)13-10(16)5-8(15)6-11(13)17/h5-6,9H,2-4,7H2,1H3,(H,18,21). The first-order valence-corrected chi connectivity index (χ1v) is 7.79. The highest BCUT2D eigenvalue weighted by atomic mass is 35.5. The molecule has 1 aliphatic rings. The van der Waals surface area contributed by atoms with E-state index < -0.39 is 0 Å². The summed E-state index contributed by atoms with van der Waals surface area (Å²) in [7, 11) is 0. The van der Waals surface area contributed by atoms with Crippen LogP contribution in [0.15, 0.2) is 12.1 Å². The van der Waals surface area contributed by atoms with E-state index in [1.165, 1.54) is 12.1 Å². The lowest BCUT2D eigenvalue weighted by atomic mass is 10.2. The van der Waals surface area contributed by atoms with Crippen LogP contribution in [0.2, 0.25) is 15.1 Å². The van der Waals surface area contributed by atoms with Gasteiger partial charge in [-0.25, -0.2) is 0 Å². The van der Waals surface area contributed by atoms with Crippen molar-refractivity contribution in [3.63, 3.8) is 0 Å². The highest BCUT2D eigenvalue weighted by Gasteiger charge is 2.27. The van der Waals surface area contributed by atoms with E-state index >= 15 is 0 Å². The summed E-state index contributed by atoms with van der Waals surface area (Å²) in [4.78, 5) is 25.6. The summed E-state index contributed by atoms with van der Waals surface area (Å²) in [5.74, 6) is -0.258. The van der Waals surface area contributed by atoms with E-state index in [1.807, 2.05) is 6.92 Å². The molecule has 1 fully saturated rings. The van der Waals surface area contributed by atoms with Crippen molar-refractivity contribution in [3.8, 4) is 0 Å². The van der Waals surface area contributed by atoms with Gasteiger partial charge in [-0.3, -0.25) is 9.59 Å². The van der Waals surface area contributed by atoms with Crippen LogP contribution in [-0.2, 0) is 4.79 Å². The van der Waals surface area contributed by atoms with E-state index in [2.05, 4.69) is 5.32 Å². The maximum absolute atomic E-state index is 12.3. The average molecular weight is 350 g/mol. The summed E-state index contributed by atoms with van der Waals surface area (Å²) in [5.41, 5.74) is 0.211. The fraction of sp³-hybridized carbons (Fsp3) is 0.429. The second-order valence-electron chi connectivity index (χ2n) is 4.90. The summed E-state index contributed by atoms with van der Waals surface area (Å²) >= 11 is 17.9. The molecular formula is C14H15Cl3N2O2. The van der Waals surface area contributed by atoms with Crippen molar-refractivity contribution in [1.29, 1.82) is 0 Å². The SMILES string of the molecule is CCC(=O)N1CCC(NC(=O)c2c(Cl)cc(Cl)cc2Cl)C1. The molecule has 1 N–H and O–H groups in total. The Morgan fingerprint density at radius 2 is 1.90 bits per heavy atom. The molecule has 1 aromatic rings. The maximum Gasteiger partial charge on any atom is 0.254 e. The number of carbonyl (C=O) groups excluding carboxylic acids is 2. The summed E-state index contributed by atoms with van der Waals surface area (Å²) in [6.45, 7) is 2.99. The number of hydrogen-bond donors (Lipinski definition) is 1. The van der Waals surface area contributed by atoms with Gasteiger partial charge in [0.2, 0.25) is 5.91 Å². The minimum absolute atomic E-state index is 0.0872. The number of likely N-dealkylation sites (tertiary alicyclic amines) is 1. The predicted molar refractivity (Wildman–Crippen MR) is 84.2 cm³/mol. The number of rotatable bonds is 3. The molecule has 1 saturated heterocycles. The van der Waals surface area contributed by atoms with Crippen molar-refractivity contribution in [2.45, 2.75) is 25.8 Å². The molecule has 0 radical (unpaired) electrons. The molecule has 1 heterocycles. The number of nitrogens with one attached hydrogen (secondary N) is 1. The molecule has 0 bridgehead atoms. The summed E-state index contributed by atoms with van der Waals surface area (Å²) in [6.07, 6.45) is 1.19. The Balaban J connectivity index is 2.05. The second kappa shape index (κ2) is 6.86. The lowest BCUT2D eigenvalue weighted by Gasteiger charge is -2.17. The topological polar surface area (TPSA) is 49.4 Å². The molecule has 7 heteroatoms. The van der Waals surface area contributed by atoms with Gasteiger partial charge >= 0.3 is 0 Å². The van der Waals surface area contributed by atoms with E-state index in [1.54, 1.807) is 4.90 Å². The Kier molecular flexibility index (Phi) is 5.36. The van der Waals surface area contributed by atoms with Gasteiger partial charge in [0.15, 0.2) is 0 Å². The van der Waals surface area contributed by atoms with Crippen molar-refractivity contribution < 1.29 is 9.59 Å². The quantitative estimate of drug-likeness (QED) is 0.909. The normalized spacial score (nSPS) is 17.9. The molecule has 1 aliphatic heterocycles. The molecule has 1 unspecified atom stereocenters. The average Bonchev–Trinajstić information content (AvgIpc) is 2.85. The number of nitrogens with zero attached hydrogens (tertiary/aromatic N) is 1. The Labute approximate surface area is 138 Å². The van der Waals surface area contributed by atoms with Crippen molar-refractivity contribution in [2.24, 2.45) is 0 Å². The zero-order valence-electron chi connectivity index (χ0n) is 11.5. The highest BCUT2D eigenvalue weighted by Crippen LogP contribution is 2.29. The van der Waals surface area contributed by atoms with Gasteiger partial charge in [-0.05, 0) is 18.6 Å². The van der Waals surface area contributed by atoms with Crippen LogP contribution < -0.4 is 5.32 Å².